The summed E-state index contributed by atoms with van der Waals surface area (Å²) in [7, 11) is 0. The second kappa shape index (κ2) is 6.04. The van der Waals surface area contributed by atoms with Crippen LogP contribution in [0.3, 0.4) is 0 Å². The van der Waals surface area contributed by atoms with Crippen molar-refractivity contribution in [2.45, 2.75) is 37.5 Å². The number of hydrogen-bond acceptors (Lipinski definition) is 2. The Balaban J connectivity index is 1.63. The standard InChI is InChI=1S/C20H18F3NO2/c21-20(22,23)26-16-8-9-17-14(13-16)5-4-12-24(17)18(25)19(10-11-19)15-6-2-1-3-7-15/h1-3,6-9,13H,4-5,10-12H2. The first-order valence-corrected chi connectivity index (χ1v) is 8.65. The lowest BCUT2D eigenvalue weighted by Crippen LogP contribution is -2.42. The Kier molecular flexibility index (Phi) is 3.93. The molecule has 1 aliphatic heterocycles. The minimum atomic E-state index is -4.72. The van der Waals surface area contributed by atoms with Gasteiger partial charge in [-0.05, 0) is 55.0 Å². The number of anilines is 1. The third-order valence-electron chi connectivity index (χ3n) is 5.13. The normalized spacial score (nSPS) is 18.2. The zero-order valence-corrected chi connectivity index (χ0v) is 14.1. The van der Waals surface area contributed by atoms with Crippen LogP contribution in [0.15, 0.2) is 48.5 Å². The molecule has 1 heterocycles. The maximum atomic E-state index is 13.3. The largest absolute Gasteiger partial charge is 0.573 e. The van der Waals surface area contributed by atoms with Crippen LogP contribution in [0, 0.1) is 0 Å². The Bertz CT molecular complexity index is 829. The molecule has 6 heteroatoms. The van der Waals surface area contributed by atoms with Crippen molar-refractivity contribution in [3.05, 3.63) is 59.7 Å². The molecular weight excluding hydrogens is 343 g/mol. The number of benzene rings is 2. The lowest BCUT2D eigenvalue weighted by atomic mass is 9.92. The zero-order valence-electron chi connectivity index (χ0n) is 14.1. The predicted octanol–water partition coefficient (Wildman–Crippen LogP) is 4.60. The smallest absolute Gasteiger partial charge is 0.406 e. The van der Waals surface area contributed by atoms with Gasteiger partial charge in [-0.1, -0.05) is 30.3 Å². The van der Waals surface area contributed by atoms with Gasteiger partial charge in [0, 0.05) is 12.2 Å². The number of carbonyl (C=O) groups excluding carboxylic acids is 1. The first-order valence-electron chi connectivity index (χ1n) is 8.65. The molecule has 2 aliphatic rings. The van der Waals surface area contributed by atoms with Gasteiger partial charge in [-0.25, -0.2) is 0 Å². The van der Waals surface area contributed by atoms with Crippen molar-refractivity contribution < 1.29 is 22.7 Å². The Morgan fingerprint density at radius 2 is 1.81 bits per heavy atom. The molecule has 0 saturated heterocycles. The molecule has 0 aromatic heterocycles. The van der Waals surface area contributed by atoms with E-state index >= 15 is 0 Å². The summed E-state index contributed by atoms with van der Waals surface area (Å²) in [5.74, 6) is -0.205. The zero-order chi connectivity index (χ0) is 18.4. The molecule has 0 unspecified atom stereocenters. The van der Waals surface area contributed by atoms with Gasteiger partial charge in [0.2, 0.25) is 5.91 Å². The van der Waals surface area contributed by atoms with Gasteiger partial charge < -0.3 is 9.64 Å². The SMILES string of the molecule is O=C(N1CCCc2cc(OC(F)(F)F)ccc21)C1(c2ccccc2)CC1. The van der Waals surface area contributed by atoms with E-state index in [0.29, 0.717) is 18.7 Å². The quantitative estimate of drug-likeness (QED) is 0.800. The number of amides is 1. The van der Waals surface area contributed by atoms with Crippen LogP contribution in [0.1, 0.15) is 30.4 Å². The molecule has 2 aromatic rings. The van der Waals surface area contributed by atoms with Crippen LogP contribution >= 0.6 is 0 Å². The van der Waals surface area contributed by atoms with Crippen molar-refractivity contribution >= 4 is 11.6 Å². The van der Waals surface area contributed by atoms with E-state index in [1.807, 2.05) is 30.3 Å². The molecule has 136 valence electrons. The number of fused-ring (bicyclic) bond motifs is 1. The Morgan fingerprint density at radius 1 is 1.08 bits per heavy atom. The predicted molar refractivity (Wildman–Crippen MR) is 91.2 cm³/mol. The molecule has 1 saturated carbocycles. The average molecular weight is 361 g/mol. The molecule has 3 nitrogen and oxygen atoms in total. The molecule has 1 aliphatic carbocycles. The molecule has 26 heavy (non-hydrogen) atoms. The molecule has 0 radical (unpaired) electrons. The summed E-state index contributed by atoms with van der Waals surface area (Å²) in [5.41, 5.74) is 1.93. The molecule has 1 amide bonds. The molecule has 2 aromatic carbocycles. The fourth-order valence-corrected chi connectivity index (χ4v) is 3.75. The maximum Gasteiger partial charge on any atom is 0.573 e. The number of halogens is 3. The number of rotatable bonds is 3. The van der Waals surface area contributed by atoms with E-state index in [1.165, 1.54) is 12.1 Å². The van der Waals surface area contributed by atoms with Crippen LogP contribution in [0.25, 0.3) is 0 Å². The lowest BCUT2D eigenvalue weighted by molar-refractivity contribution is -0.274. The minimum Gasteiger partial charge on any atom is -0.406 e. The molecule has 0 bridgehead atoms. The number of aryl methyl sites for hydroxylation is 1. The van der Waals surface area contributed by atoms with Gasteiger partial charge in [0.25, 0.3) is 0 Å². The summed E-state index contributed by atoms with van der Waals surface area (Å²) in [6.45, 7) is 0.583. The second-order valence-corrected chi connectivity index (χ2v) is 6.85. The van der Waals surface area contributed by atoms with Crippen LogP contribution < -0.4 is 9.64 Å². The van der Waals surface area contributed by atoms with Crippen molar-refractivity contribution in [1.82, 2.24) is 0 Å². The first-order chi connectivity index (χ1) is 12.4. The number of hydrogen-bond donors (Lipinski definition) is 0. The third-order valence-corrected chi connectivity index (χ3v) is 5.13. The van der Waals surface area contributed by atoms with Gasteiger partial charge in [0.15, 0.2) is 0 Å². The topological polar surface area (TPSA) is 29.5 Å². The van der Waals surface area contributed by atoms with E-state index in [-0.39, 0.29) is 11.7 Å². The summed E-state index contributed by atoms with van der Waals surface area (Å²) >= 11 is 0. The van der Waals surface area contributed by atoms with Gasteiger partial charge in [-0.3, -0.25) is 4.79 Å². The Morgan fingerprint density at radius 3 is 2.46 bits per heavy atom. The van der Waals surface area contributed by atoms with Gasteiger partial charge in [-0.15, -0.1) is 13.2 Å². The monoisotopic (exact) mass is 361 g/mol. The van der Waals surface area contributed by atoms with Crippen molar-refractivity contribution in [3.8, 4) is 5.75 Å². The fourth-order valence-electron chi connectivity index (χ4n) is 3.75. The third kappa shape index (κ3) is 3.04. The Hall–Kier alpha value is -2.50. The Labute approximate surface area is 149 Å². The summed E-state index contributed by atoms with van der Waals surface area (Å²) in [5, 5.41) is 0. The van der Waals surface area contributed by atoms with Gasteiger partial charge >= 0.3 is 6.36 Å². The first kappa shape index (κ1) is 16.9. The van der Waals surface area contributed by atoms with Crippen molar-refractivity contribution in [3.63, 3.8) is 0 Å². The average Bonchev–Trinajstić information content (AvgIpc) is 3.42. The summed E-state index contributed by atoms with van der Waals surface area (Å²) in [6.07, 6.45) is -1.76. The molecule has 4 rings (SSSR count). The van der Waals surface area contributed by atoms with E-state index in [4.69, 9.17) is 0 Å². The van der Waals surface area contributed by atoms with Crippen LogP contribution in [-0.4, -0.2) is 18.8 Å². The fraction of sp³-hybridized carbons (Fsp3) is 0.350. The number of nitrogens with zero attached hydrogens (tertiary/aromatic N) is 1. The highest BCUT2D eigenvalue weighted by Crippen LogP contribution is 2.50. The lowest BCUT2D eigenvalue weighted by Gasteiger charge is -2.33. The highest BCUT2D eigenvalue weighted by Gasteiger charge is 2.53. The number of carbonyl (C=O) groups is 1. The maximum absolute atomic E-state index is 13.3. The van der Waals surface area contributed by atoms with E-state index in [9.17, 15) is 18.0 Å². The van der Waals surface area contributed by atoms with E-state index in [0.717, 1.165) is 30.4 Å². The number of alkyl halides is 3. The summed E-state index contributed by atoms with van der Waals surface area (Å²) < 4.78 is 41.3. The van der Waals surface area contributed by atoms with Crippen LogP contribution in [-0.2, 0) is 16.6 Å². The minimum absolute atomic E-state index is 0.0362. The molecule has 0 atom stereocenters. The van der Waals surface area contributed by atoms with E-state index in [2.05, 4.69) is 4.74 Å². The van der Waals surface area contributed by atoms with Crippen molar-refractivity contribution in [1.29, 1.82) is 0 Å². The molecule has 0 N–H and O–H groups in total. The van der Waals surface area contributed by atoms with Crippen LogP contribution in [0.2, 0.25) is 0 Å². The van der Waals surface area contributed by atoms with E-state index in [1.54, 1.807) is 11.0 Å². The summed E-state index contributed by atoms with van der Waals surface area (Å²) in [6, 6.07) is 13.9. The highest BCUT2D eigenvalue weighted by molar-refractivity contribution is 6.04. The molecule has 0 spiro atoms. The van der Waals surface area contributed by atoms with Crippen molar-refractivity contribution in [2.75, 3.05) is 11.4 Å². The van der Waals surface area contributed by atoms with Crippen LogP contribution in [0.5, 0.6) is 5.75 Å². The summed E-state index contributed by atoms with van der Waals surface area (Å²) in [4.78, 5) is 15.0. The van der Waals surface area contributed by atoms with Crippen molar-refractivity contribution in [2.24, 2.45) is 0 Å². The second-order valence-electron chi connectivity index (χ2n) is 6.85. The van der Waals surface area contributed by atoms with Gasteiger partial charge in [-0.2, -0.15) is 0 Å². The van der Waals surface area contributed by atoms with Gasteiger partial charge in [0.05, 0.1) is 5.41 Å². The van der Waals surface area contributed by atoms with Gasteiger partial charge in [0.1, 0.15) is 5.75 Å². The molecular formula is C20H18F3NO2. The van der Waals surface area contributed by atoms with E-state index < -0.39 is 11.8 Å². The van der Waals surface area contributed by atoms with Crippen LogP contribution in [0.4, 0.5) is 18.9 Å². The highest BCUT2D eigenvalue weighted by atomic mass is 19.4. The number of ether oxygens (including phenoxy) is 1. The molecule has 1 fully saturated rings.